The molecule has 0 saturated carbocycles. The van der Waals surface area contributed by atoms with Crippen LogP contribution in [0.4, 0.5) is 0 Å². The molecule has 0 heterocycles. The van der Waals surface area contributed by atoms with Crippen molar-refractivity contribution < 1.29 is 4.43 Å². The van der Waals surface area contributed by atoms with Gasteiger partial charge in [0.2, 0.25) is 8.32 Å². The molecule has 0 rings (SSSR count). The second kappa shape index (κ2) is 3.81. The molecule has 0 aromatic heterocycles. The molecule has 0 saturated heterocycles. The Hall–Kier alpha value is -0.243. The summed E-state index contributed by atoms with van der Waals surface area (Å²) in [5, 5.41) is 0. The Labute approximate surface area is 65.2 Å². The quantitative estimate of drug-likeness (QED) is 0.453. The standard InChI is InChI=1S/C8H18OSi/c1-6-8(7-2)9-10(3,4)5/h6H,7H2,1-5H3/b8-6-. The second-order valence-electron chi connectivity index (χ2n) is 3.32. The van der Waals surface area contributed by atoms with E-state index in [0.717, 1.165) is 12.2 Å². The minimum atomic E-state index is -1.33. The molecular weight excluding hydrogens is 140 g/mol. The van der Waals surface area contributed by atoms with Gasteiger partial charge in [-0.05, 0) is 26.6 Å². The van der Waals surface area contributed by atoms with Crippen molar-refractivity contribution in [1.29, 1.82) is 0 Å². The Morgan fingerprint density at radius 3 is 2.00 bits per heavy atom. The Balaban J connectivity index is 3.88. The summed E-state index contributed by atoms with van der Waals surface area (Å²) in [5.74, 6) is 1.14. The van der Waals surface area contributed by atoms with Gasteiger partial charge in [-0.15, -0.1) is 0 Å². The lowest BCUT2D eigenvalue weighted by Crippen LogP contribution is -2.24. The first-order chi connectivity index (χ1) is 4.49. The van der Waals surface area contributed by atoms with Gasteiger partial charge in [-0.3, -0.25) is 0 Å². The Morgan fingerprint density at radius 2 is 1.90 bits per heavy atom. The van der Waals surface area contributed by atoms with Crippen LogP contribution in [0.3, 0.4) is 0 Å². The molecule has 0 aromatic carbocycles. The van der Waals surface area contributed by atoms with Crippen molar-refractivity contribution in [2.75, 3.05) is 0 Å². The highest BCUT2D eigenvalue weighted by Crippen LogP contribution is 2.12. The van der Waals surface area contributed by atoms with Gasteiger partial charge in [0.15, 0.2) is 0 Å². The first-order valence-corrected chi connectivity index (χ1v) is 7.24. The largest absolute Gasteiger partial charge is 0.548 e. The molecule has 60 valence electrons. The molecule has 0 aromatic rings. The third-order valence-corrected chi connectivity index (χ3v) is 1.98. The number of allylic oxidation sites excluding steroid dienone is 2. The normalized spacial score (nSPS) is 13.5. The topological polar surface area (TPSA) is 9.23 Å². The molecule has 0 aliphatic rings. The predicted octanol–water partition coefficient (Wildman–Crippen LogP) is 3.15. The lowest BCUT2D eigenvalue weighted by Gasteiger charge is -2.20. The summed E-state index contributed by atoms with van der Waals surface area (Å²) in [6, 6.07) is 0. The SMILES string of the molecule is C/C=C(/CC)O[Si](C)(C)C. The molecule has 0 aliphatic heterocycles. The van der Waals surface area contributed by atoms with Gasteiger partial charge in [0.25, 0.3) is 0 Å². The first-order valence-electron chi connectivity index (χ1n) is 3.83. The minimum Gasteiger partial charge on any atom is -0.548 e. The maximum absolute atomic E-state index is 5.74. The zero-order chi connectivity index (χ0) is 8.20. The van der Waals surface area contributed by atoms with Crippen molar-refractivity contribution in [3.8, 4) is 0 Å². The molecule has 1 nitrogen and oxygen atoms in total. The van der Waals surface area contributed by atoms with E-state index in [1.54, 1.807) is 0 Å². The van der Waals surface area contributed by atoms with Crippen LogP contribution in [0.5, 0.6) is 0 Å². The van der Waals surface area contributed by atoms with Crippen molar-refractivity contribution in [2.45, 2.75) is 39.9 Å². The third kappa shape index (κ3) is 4.62. The highest BCUT2D eigenvalue weighted by Gasteiger charge is 2.15. The summed E-state index contributed by atoms with van der Waals surface area (Å²) in [7, 11) is -1.33. The van der Waals surface area contributed by atoms with E-state index in [2.05, 4.69) is 32.6 Å². The van der Waals surface area contributed by atoms with E-state index in [4.69, 9.17) is 4.43 Å². The molecule has 2 heteroatoms. The maximum Gasteiger partial charge on any atom is 0.241 e. The molecule has 0 amide bonds. The van der Waals surface area contributed by atoms with Crippen LogP contribution >= 0.6 is 0 Å². The van der Waals surface area contributed by atoms with Crippen LogP contribution in [0.1, 0.15) is 20.3 Å². The van der Waals surface area contributed by atoms with E-state index < -0.39 is 8.32 Å². The van der Waals surface area contributed by atoms with Gasteiger partial charge in [-0.25, -0.2) is 0 Å². The van der Waals surface area contributed by atoms with E-state index in [9.17, 15) is 0 Å². The van der Waals surface area contributed by atoms with Gasteiger partial charge >= 0.3 is 0 Å². The zero-order valence-electron chi connectivity index (χ0n) is 7.69. The molecule has 0 radical (unpaired) electrons. The Kier molecular flexibility index (Phi) is 3.72. The zero-order valence-corrected chi connectivity index (χ0v) is 8.69. The highest BCUT2D eigenvalue weighted by molar-refractivity contribution is 6.70. The molecule has 0 fully saturated rings. The van der Waals surface area contributed by atoms with E-state index >= 15 is 0 Å². The van der Waals surface area contributed by atoms with Gasteiger partial charge in [0.1, 0.15) is 0 Å². The van der Waals surface area contributed by atoms with E-state index in [1.807, 2.05) is 6.92 Å². The second-order valence-corrected chi connectivity index (χ2v) is 7.75. The van der Waals surface area contributed by atoms with Gasteiger partial charge in [0, 0.05) is 6.42 Å². The molecule has 0 unspecified atom stereocenters. The fraction of sp³-hybridized carbons (Fsp3) is 0.750. The summed E-state index contributed by atoms with van der Waals surface area (Å²) in [5.41, 5.74) is 0. The monoisotopic (exact) mass is 158 g/mol. The van der Waals surface area contributed by atoms with E-state index in [-0.39, 0.29) is 0 Å². The van der Waals surface area contributed by atoms with Crippen LogP contribution in [0.15, 0.2) is 11.8 Å². The molecular formula is C8H18OSi. The van der Waals surface area contributed by atoms with Crippen molar-refractivity contribution >= 4 is 8.32 Å². The molecule has 0 bridgehead atoms. The van der Waals surface area contributed by atoms with Crippen molar-refractivity contribution in [3.05, 3.63) is 11.8 Å². The van der Waals surface area contributed by atoms with Crippen LogP contribution in [-0.4, -0.2) is 8.32 Å². The summed E-state index contributed by atoms with van der Waals surface area (Å²) in [6.07, 6.45) is 3.07. The summed E-state index contributed by atoms with van der Waals surface area (Å²) in [4.78, 5) is 0. The van der Waals surface area contributed by atoms with Gasteiger partial charge < -0.3 is 4.43 Å². The molecule has 0 atom stereocenters. The highest BCUT2D eigenvalue weighted by atomic mass is 28.4. The summed E-state index contributed by atoms with van der Waals surface area (Å²) in [6.45, 7) is 10.7. The lowest BCUT2D eigenvalue weighted by molar-refractivity contribution is 0.404. The Morgan fingerprint density at radius 1 is 1.40 bits per heavy atom. The Bertz CT molecular complexity index is 122. The van der Waals surface area contributed by atoms with Crippen molar-refractivity contribution in [2.24, 2.45) is 0 Å². The predicted molar refractivity (Wildman–Crippen MR) is 48.5 cm³/mol. The van der Waals surface area contributed by atoms with Crippen LogP contribution in [0, 0.1) is 0 Å². The van der Waals surface area contributed by atoms with Gasteiger partial charge in [0.05, 0.1) is 5.76 Å². The fourth-order valence-corrected chi connectivity index (χ4v) is 1.78. The fourth-order valence-electron chi connectivity index (χ4n) is 0.729. The average molecular weight is 158 g/mol. The summed E-state index contributed by atoms with van der Waals surface area (Å²) >= 11 is 0. The first kappa shape index (κ1) is 9.76. The van der Waals surface area contributed by atoms with Crippen molar-refractivity contribution in [3.63, 3.8) is 0 Å². The van der Waals surface area contributed by atoms with Crippen LogP contribution in [0.2, 0.25) is 19.6 Å². The number of rotatable bonds is 3. The smallest absolute Gasteiger partial charge is 0.241 e. The molecule has 0 spiro atoms. The van der Waals surface area contributed by atoms with Crippen LogP contribution in [-0.2, 0) is 4.43 Å². The van der Waals surface area contributed by atoms with Crippen molar-refractivity contribution in [1.82, 2.24) is 0 Å². The lowest BCUT2D eigenvalue weighted by atomic mass is 10.4. The summed E-state index contributed by atoms with van der Waals surface area (Å²) < 4.78 is 5.74. The maximum atomic E-state index is 5.74. The number of hydrogen-bond donors (Lipinski definition) is 0. The molecule has 0 N–H and O–H groups in total. The minimum absolute atomic E-state index is 1.01. The van der Waals surface area contributed by atoms with Gasteiger partial charge in [-0.2, -0.15) is 0 Å². The molecule has 0 aliphatic carbocycles. The van der Waals surface area contributed by atoms with Crippen LogP contribution in [0.25, 0.3) is 0 Å². The molecule has 10 heavy (non-hydrogen) atoms. The third-order valence-electron chi connectivity index (χ3n) is 1.11. The van der Waals surface area contributed by atoms with E-state index in [0.29, 0.717) is 0 Å². The van der Waals surface area contributed by atoms with Crippen LogP contribution < -0.4 is 0 Å². The average Bonchev–Trinajstić information content (AvgIpc) is 1.81. The number of hydrogen-bond acceptors (Lipinski definition) is 1. The van der Waals surface area contributed by atoms with E-state index in [1.165, 1.54) is 0 Å². The van der Waals surface area contributed by atoms with Gasteiger partial charge in [-0.1, -0.05) is 13.0 Å².